The Balaban J connectivity index is 2.34. The van der Waals surface area contributed by atoms with Crippen LogP contribution in [0.2, 0.25) is 0 Å². The number of nitrogens with zero attached hydrogens (tertiary/aromatic N) is 1. The van der Waals surface area contributed by atoms with Crippen LogP contribution in [0, 0.1) is 6.92 Å². The van der Waals surface area contributed by atoms with Crippen molar-refractivity contribution in [3.63, 3.8) is 0 Å². The molecular weight excluding hydrogens is 226 g/mol. The lowest BCUT2D eigenvalue weighted by atomic mass is 10.2. The number of hydrogen-bond donors (Lipinski definition) is 0. The van der Waals surface area contributed by atoms with E-state index in [0.29, 0.717) is 0 Å². The molecule has 0 aromatic heterocycles. The quantitative estimate of drug-likeness (QED) is 0.679. The predicted octanol–water partition coefficient (Wildman–Crippen LogP) is 3.13. The van der Waals surface area contributed by atoms with Crippen molar-refractivity contribution in [1.29, 1.82) is 0 Å². The molecule has 13 heavy (non-hydrogen) atoms. The summed E-state index contributed by atoms with van der Waals surface area (Å²) >= 11 is 3.62. The van der Waals surface area contributed by atoms with Crippen LogP contribution in [-0.4, -0.2) is 13.1 Å². The van der Waals surface area contributed by atoms with Crippen molar-refractivity contribution in [3.8, 4) is 0 Å². The van der Waals surface area contributed by atoms with Crippen molar-refractivity contribution in [1.82, 2.24) is 0 Å². The first-order valence-corrected chi connectivity index (χ1v) is 5.23. The van der Waals surface area contributed by atoms with Gasteiger partial charge in [0, 0.05) is 17.6 Å². The van der Waals surface area contributed by atoms with E-state index in [0.717, 1.165) is 13.1 Å². The Morgan fingerprint density at radius 1 is 1.23 bits per heavy atom. The summed E-state index contributed by atoms with van der Waals surface area (Å²) in [6.45, 7) is 4.18. The molecule has 0 spiro atoms. The highest BCUT2D eigenvalue weighted by Gasteiger charge is 2.11. The maximum atomic E-state index is 3.62. The van der Waals surface area contributed by atoms with Gasteiger partial charge in [0.05, 0.1) is 5.69 Å². The number of anilines is 1. The summed E-state index contributed by atoms with van der Waals surface area (Å²) in [6, 6.07) is 6.38. The lowest BCUT2D eigenvalue weighted by Crippen LogP contribution is -2.18. The zero-order valence-electron chi connectivity index (χ0n) is 7.63. The average Bonchev–Trinajstić information content (AvgIpc) is 2.62. The van der Waals surface area contributed by atoms with Crippen LogP contribution < -0.4 is 4.90 Å². The minimum atomic E-state index is 1.03. The van der Waals surface area contributed by atoms with E-state index in [2.05, 4.69) is 58.1 Å². The molecular formula is C11H12BrN. The third-order valence-corrected chi connectivity index (χ3v) is 3.36. The molecule has 68 valence electrons. The van der Waals surface area contributed by atoms with Gasteiger partial charge in [-0.1, -0.05) is 24.3 Å². The molecule has 0 bridgehead atoms. The summed E-state index contributed by atoms with van der Waals surface area (Å²) in [5.74, 6) is 0. The molecule has 0 aliphatic carbocycles. The van der Waals surface area contributed by atoms with E-state index in [1.165, 1.54) is 15.7 Å². The zero-order chi connectivity index (χ0) is 9.26. The molecule has 1 aromatic rings. The smallest absolute Gasteiger partial charge is 0.0519 e. The van der Waals surface area contributed by atoms with Crippen molar-refractivity contribution in [2.45, 2.75) is 6.92 Å². The third kappa shape index (κ3) is 1.63. The van der Waals surface area contributed by atoms with Gasteiger partial charge in [0.25, 0.3) is 0 Å². The van der Waals surface area contributed by atoms with Gasteiger partial charge in [0.1, 0.15) is 0 Å². The lowest BCUT2D eigenvalue weighted by Gasteiger charge is -2.20. The third-order valence-electron chi connectivity index (χ3n) is 2.33. The normalized spacial score (nSPS) is 15.4. The van der Waals surface area contributed by atoms with Crippen molar-refractivity contribution < 1.29 is 0 Å². The summed E-state index contributed by atoms with van der Waals surface area (Å²) in [7, 11) is 0. The second-order valence-electron chi connectivity index (χ2n) is 3.28. The predicted molar refractivity (Wildman–Crippen MR) is 60.2 cm³/mol. The molecule has 2 rings (SSSR count). The molecule has 1 aromatic carbocycles. The first kappa shape index (κ1) is 8.82. The second-order valence-corrected chi connectivity index (χ2v) is 4.08. The van der Waals surface area contributed by atoms with Gasteiger partial charge in [0.15, 0.2) is 0 Å². The van der Waals surface area contributed by atoms with Gasteiger partial charge in [-0.15, -0.1) is 0 Å². The number of hydrogen-bond acceptors (Lipinski definition) is 1. The highest BCUT2D eigenvalue weighted by atomic mass is 79.9. The van der Waals surface area contributed by atoms with Gasteiger partial charge < -0.3 is 4.90 Å². The Morgan fingerprint density at radius 3 is 2.62 bits per heavy atom. The van der Waals surface area contributed by atoms with Crippen molar-refractivity contribution in [2.24, 2.45) is 0 Å². The van der Waals surface area contributed by atoms with Gasteiger partial charge in [-0.3, -0.25) is 0 Å². The summed E-state index contributed by atoms with van der Waals surface area (Å²) < 4.78 is 1.22. The van der Waals surface area contributed by atoms with Gasteiger partial charge in [-0.2, -0.15) is 0 Å². The van der Waals surface area contributed by atoms with E-state index in [4.69, 9.17) is 0 Å². The molecule has 0 N–H and O–H groups in total. The average molecular weight is 238 g/mol. The lowest BCUT2D eigenvalue weighted by molar-refractivity contribution is 1.000. The number of benzene rings is 1. The van der Waals surface area contributed by atoms with Crippen LogP contribution in [0.15, 0.2) is 34.8 Å². The minimum Gasteiger partial charge on any atom is -0.363 e. The number of aryl methyl sites for hydroxylation is 1. The summed E-state index contributed by atoms with van der Waals surface area (Å²) in [5, 5.41) is 0. The van der Waals surface area contributed by atoms with Gasteiger partial charge in [0.2, 0.25) is 0 Å². The molecule has 0 fully saturated rings. The maximum Gasteiger partial charge on any atom is 0.0519 e. The van der Waals surface area contributed by atoms with Gasteiger partial charge in [-0.25, -0.2) is 0 Å². The first-order chi connectivity index (χ1) is 6.29. The van der Waals surface area contributed by atoms with Crippen LogP contribution in [0.1, 0.15) is 5.56 Å². The fourth-order valence-corrected chi connectivity index (χ4v) is 2.07. The number of rotatable bonds is 1. The number of halogens is 1. The van der Waals surface area contributed by atoms with Crippen LogP contribution >= 0.6 is 15.9 Å². The molecule has 0 amide bonds. The molecule has 0 saturated carbocycles. The van der Waals surface area contributed by atoms with Crippen LogP contribution in [-0.2, 0) is 0 Å². The topological polar surface area (TPSA) is 3.24 Å². The van der Waals surface area contributed by atoms with Crippen molar-refractivity contribution >= 4 is 21.6 Å². The molecule has 1 aliphatic heterocycles. The Bertz CT molecular complexity index is 336. The summed E-state index contributed by atoms with van der Waals surface area (Å²) in [5.41, 5.74) is 2.59. The highest BCUT2D eigenvalue weighted by Crippen LogP contribution is 2.29. The van der Waals surface area contributed by atoms with Crippen LogP contribution in [0.25, 0.3) is 0 Å². The Morgan fingerprint density at radius 2 is 1.92 bits per heavy atom. The highest BCUT2D eigenvalue weighted by molar-refractivity contribution is 9.10. The van der Waals surface area contributed by atoms with E-state index in [1.54, 1.807) is 0 Å². The maximum absolute atomic E-state index is 3.62. The van der Waals surface area contributed by atoms with Crippen LogP contribution in [0.5, 0.6) is 0 Å². The Kier molecular flexibility index (Phi) is 2.40. The monoisotopic (exact) mass is 237 g/mol. The molecule has 0 atom stereocenters. The fourth-order valence-electron chi connectivity index (χ4n) is 1.55. The van der Waals surface area contributed by atoms with E-state index >= 15 is 0 Å². The van der Waals surface area contributed by atoms with Crippen molar-refractivity contribution in [3.05, 3.63) is 40.4 Å². The molecule has 0 radical (unpaired) electrons. The molecule has 2 heteroatoms. The van der Waals surface area contributed by atoms with E-state index in [1.807, 2.05) is 0 Å². The molecule has 0 saturated heterocycles. The van der Waals surface area contributed by atoms with Gasteiger partial charge in [-0.05, 0) is 34.5 Å². The zero-order valence-corrected chi connectivity index (χ0v) is 9.21. The second kappa shape index (κ2) is 3.54. The standard InChI is InChI=1S/C11H12BrN/c1-9-5-4-6-10(11(9)12)13-7-2-3-8-13/h2-6H,7-8H2,1H3. The van der Waals surface area contributed by atoms with Crippen LogP contribution in [0.3, 0.4) is 0 Å². The molecule has 1 aliphatic rings. The summed E-state index contributed by atoms with van der Waals surface area (Å²) in [4.78, 5) is 2.34. The largest absolute Gasteiger partial charge is 0.363 e. The fraction of sp³-hybridized carbons (Fsp3) is 0.273. The van der Waals surface area contributed by atoms with E-state index < -0.39 is 0 Å². The van der Waals surface area contributed by atoms with E-state index in [-0.39, 0.29) is 0 Å². The van der Waals surface area contributed by atoms with E-state index in [9.17, 15) is 0 Å². The first-order valence-electron chi connectivity index (χ1n) is 4.44. The minimum absolute atomic E-state index is 1.03. The van der Waals surface area contributed by atoms with Gasteiger partial charge >= 0.3 is 0 Å². The van der Waals surface area contributed by atoms with Crippen molar-refractivity contribution in [2.75, 3.05) is 18.0 Å². The SMILES string of the molecule is Cc1cccc(N2CC=CC2)c1Br. The molecule has 1 nitrogen and oxygen atoms in total. The molecule has 0 unspecified atom stereocenters. The van der Waals surface area contributed by atoms with Crippen LogP contribution in [0.4, 0.5) is 5.69 Å². The Hall–Kier alpha value is -0.760. The molecule has 1 heterocycles. The summed E-state index contributed by atoms with van der Waals surface area (Å²) in [6.07, 6.45) is 4.41. The Labute approximate surface area is 87.2 Å².